The van der Waals surface area contributed by atoms with Gasteiger partial charge in [-0.25, -0.2) is 29.9 Å². The van der Waals surface area contributed by atoms with Gasteiger partial charge in [0.05, 0.1) is 0 Å². The second kappa shape index (κ2) is 4.85. The van der Waals surface area contributed by atoms with Gasteiger partial charge >= 0.3 is 0 Å². The molecule has 0 saturated carbocycles. The van der Waals surface area contributed by atoms with Crippen LogP contribution >= 0.6 is 0 Å². The quantitative estimate of drug-likeness (QED) is 0.688. The lowest BCUT2D eigenvalue weighted by atomic mass is 10.3. The van der Waals surface area contributed by atoms with E-state index < -0.39 is 0 Å². The molecule has 3 heterocycles. The molecule has 6 heteroatoms. The molecule has 0 aromatic carbocycles. The average Bonchev–Trinajstić information content (AvgIpc) is 2.48. The third kappa shape index (κ3) is 2.42. The number of aromatic nitrogens is 6. The van der Waals surface area contributed by atoms with Crippen molar-refractivity contribution in [2.45, 2.75) is 6.92 Å². The Bertz CT molecular complexity index is 626. The van der Waals surface area contributed by atoms with E-state index in [-0.39, 0.29) is 0 Å². The van der Waals surface area contributed by atoms with Crippen molar-refractivity contribution in [2.24, 2.45) is 0 Å². The number of rotatable bonds is 2. The molecule has 0 spiro atoms. The number of hydrogen-bond acceptors (Lipinski definition) is 6. The van der Waals surface area contributed by atoms with Gasteiger partial charge in [0.25, 0.3) is 0 Å². The molecule has 0 fully saturated rings. The second-order valence-corrected chi connectivity index (χ2v) is 3.86. The van der Waals surface area contributed by atoms with Crippen molar-refractivity contribution in [1.82, 2.24) is 29.9 Å². The van der Waals surface area contributed by atoms with E-state index in [4.69, 9.17) is 0 Å². The highest BCUT2D eigenvalue weighted by atomic mass is 15.0. The topological polar surface area (TPSA) is 77.3 Å². The lowest BCUT2D eigenvalue weighted by Gasteiger charge is -2.03. The van der Waals surface area contributed by atoms with E-state index in [2.05, 4.69) is 29.9 Å². The Morgan fingerprint density at radius 2 is 1.26 bits per heavy atom. The van der Waals surface area contributed by atoms with Gasteiger partial charge < -0.3 is 0 Å². The Labute approximate surface area is 109 Å². The molecule has 0 bridgehead atoms. The molecule has 92 valence electrons. The van der Waals surface area contributed by atoms with Crippen LogP contribution in [-0.4, -0.2) is 29.9 Å². The molecule has 0 aliphatic rings. The summed E-state index contributed by atoms with van der Waals surface area (Å²) in [5.74, 6) is 1.52. The maximum atomic E-state index is 4.41. The summed E-state index contributed by atoms with van der Waals surface area (Å²) in [5.41, 5.74) is 1.48. The standard InChI is InChI=1S/C13H10N6/c1-9-8-10(11-14-4-2-5-15-11)19-13(18-9)12-16-6-3-7-17-12/h2-8H,1H3. The minimum Gasteiger partial charge on any atom is -0.235 e. The first-order valence-electron chi connectivity index (χ1n) is 5.73. The van der Waals surface area contributed by atoms with Gasteiger partial charge in [0.15, 0.2) is 17.5 Å². The highest BCUT2D eigenvalue weighted by molar-refractivity contribution is 5.54. The van der Waals surface area contributed by atoms with Crippen LogP contribution < -0.4 is 0 Å². The van der Waals surface area contributed by atoms with Gasteiger partial charge in [-0.15, -0.1) is 0 Å². The summed E-state index contributed by atoms with van der Waals surface area (Å²) >= 11 is 0. The zero-order valence-electron chi connectivity index (χ0n) is 10.2. The van der Waals surface area contributed by atoms with Crippen LogP contribution in [0, 0.1) is 6.92 Å². The maximum absolute atomic E-state index is 4.41. The minimum absolute atomic E-state index is 0.475. The van der Waals surface area contributed by atoms with Crippen molar-refractivity contribution < 1.29 is 0 Å². The molecule has 0 aliphatic carbocycles. The van der Waals surface area contributed by atoms with E-state index in [0.717, 1.165) is 5.69 Å². The smallest absolute Gasteiger partial charge is 0.198 e. The van der Waals surface area contributed by atoms with Crippen LogP contribution in [0.2, 0.25) is 0 Å². The molecule has 0 unspecified atom stereocenters. The summed E-state index contributed by atoms with van der Waals surface area (Å²) in [6.45, 7) is 1.89. The zero-order chi connectivity index (χ0) is 13.1. The van der Waals surface area contributed by atoms with Crippen LogP contribution in [0.5, 0.6) is 0 Å². The van der Waals surface area contributed by atoms with Crippen LogP contribution in [0.15, 0.2) is 43.0 Å². The Morgan fingerprint density at radius 1 is 0.684 bits per heavy atom. The maximum Gasteiger partial charge on any atom is 0.198 e. The Hall–Kier alpha value is -2.76. The van der Waals surface area contributed by atoms with Gasteiger partial charge in [-0.2, -0.15) is 0 Å². The fourth-order valence-electron chi connectivity index (χ4n) is 1.63. The molecular formula is C13H10N6. The summed E-state index contributed by atoms with van der Waals surface area (Å²) in [4.78, 5) is 25.4. The van der Waals surface area contributed by atoms with Crippen molar-refractivity contribution in [3.8, 4) is 23.2 Å². The van der Waals surface area contributed by atoms with Gasteiger partial charge in [-0.1, -0.05) is 0 Å². The molecule has 3 rings (SSSR count). The largest absolute Gasteiger partial charge is 0.235 e. The zero-order valence-corrected chi connectivity index (χ0v) is 10.2. The fraction of sp³-hybridized carbons (Fsp3) is 0.0769. The summed E-state index contributed by atoms with van der Waals surface area (Å²) in [6.07, 6.45) is 6.68. The number of hydrogen-bond donors (Lipinski definition) is 0. The van der Waals surface area contributed by atoms with Crippen LogP contribution in [0.1, 0.15) is 5.69 Å². The predicted octanol–water partition coefficient (Wildman–Crippen LogP) is 1.70. The SMILES string of the molecule is Cc1cc(-c2ncccn2)nc(-c2ncccn2)n1. The summed E-state index contributed by atoms with van der Waals surface area (Å²) in [7, 11) is 0. The van der Waals surface area contributed by atoms with Crippen LogP contribution in [0.25, 0.3) is 23.2 Å². The predicted molar refractivity (Wildman–Crippen MR) is 68.8 cm³/mol. The Morgan fingerprint density at radius 3 is 1.89 bits per heavy atom. The molecule has 6 nitrogen and oxygen atoms in total. The number of nitrogens with zero attached hydrogens (tertiary/aromatic N) is 6. The minimum atomic E-state index is 0.475. The molecule has 3 aromatic rings. The highest BCUT2D eigenvalue weighted by Crippen LogP contribution is 2.16. The van der Waals surface area contributed by atoms with Crippen molar-refractivity contribution in [3.63, 3.8) is 0 Å². The van der Waals surface area contributed by atoms with Gasteiger partial charge in [-0.3, -0.25) is 0 Å². The van der Waals surface area contributed by atoms with Crippen LogP contribution in [-0.2, 0) is 0 Å². The van der Waals surface area contributed by atoms with Gasteiger partial charge in [0.2, 0.25) is 0 Å². The second-order valence-electron chi connectivity index (χ2n) is 3.86. The molecule has 0 N–H and O–H groups in total. The van der Waals surface area contributed by atoms with E-state index in [9.17, 15) is 0 Å². The van der Waals surface area contributed by atoms with Crippen molar-refractivity contribution >= 4 is 0 Å². The third-order valence-electron chi connectivity index (χ3n) is 2.41. The van der Waals surface area contributed by atoms with Gasteiger partial charge in [0, 0.05) is 30.5 Å². The van der Waals surface area contributed by atoms with Crippen molar-refractivity contribution in [3.05, 3.63) is 48.7 Å². The fourth-order valence-corrected chi connectivity index (χ4v) is 1.63. The monoisotopic (exact) mass is 250 g/mol. The first-order valence-corrected chi connectivity index (χ1v) is 5.73. The van der Waals surface area contributed by atoms with Gasteiger partial charge in [-0.05, 0) is 25.1 Å². The normalized spacial score (nSPS) is 10.4. The summed E-state index contributed by atoms with van der Waals surface area (Å²) in [6, 6.07) is 5.35. The highest BCUT2D eigenvalue weighted by Gasteiger charge is 2.09. The molecule has 0 aliphatic heterocycles. The lowest BCUT2D eigenvalue weighted by Crippen LogP contribution is -1.99. The van der Waals surface area contributed by atoms with E-state index in [0.29, 0.717) is 23.2 Å². The first-order chi connectivity index (χ1) is 9.33. The number of aryl methyl sites for hydroxylation is 1. The lowest BCUT2D eigenvalue weighted by molar-refractivity contribution is 1.03. The van der Waals surface area contributed by atoms with Gasteiger partial charge in [0.1, 0.15) is 5.69 Å². The Balaban J connectivity index is 2.12. The average molecular weight is 250 g/mol. The van der Waals surface area contributed by atoms with E-state index >= 15 is 0 Å². The Kier molecular flexibility index (Phi) is 2.89. The molecule has 0 saturated heterocycles. The van der Waals surface area contributed by atoms with Crippen LogP contribution in [0.4, 0.5) is 0 Å². The molecular weight excluding hydrogens is 240 g/mol. The molecule has 3 aromatic heterocycles. The van der Waals surface area contributed by atoms with E-state index in [1.165, 1.54) is 0 Å². The molecule has 0 amide bonds. The van der Waals surface area contributed by atoms with E-state index in [1.807, 2.05) is 13.0 Å². The van der Waals surface area contributed by atoms with E-state index in [1.54, 1.807) is 36.9 Å². The summed E-state index contributed by atoms with van der Waals surface area (Å²) in [5, 5.41) is 0. The third-order valence-corrected chi connectivity index (χ3v) is 2.41. The van der Waals surface area contributed by atoms with Crippen molar-refractivity contribution in [1.29, 1.82) is 0 Å². The van der Waals surface area contributed by atoms with Crippen LogP contribution in [0.3, 0.4) is 0 Å². The summed E-state index contributed by atoms with van der Waals surface area (Å²) < 4.78 is 0. The van der Waals surface area contributed by atoms with Crippen molar-refractivity contribution in [2.75, 3.05) is 0 Å². The molecule has 0 radical (unpaired) electrons. The molecule has 0 atom stereocenters. The molecule has 19 heavy (non-hydrogen) atoms. The first kappa shape index (κ1) is 11.3.